The van der Waals surface area contributed by atoms with Crippen LogP contribution in [0.25, 0.3) is 21.8 Å². The van der Waals surface area contributed by atoms with E-state index in [9.17, 15) is 4.79 Å². The van der Waals surface area contributed by atoms with E-state index in [0.29, 0.717) is 0 Å². The van der Waals surface area contributed by atoms with Crippen molar-refractivity contribution < 1.29 is 4.79 Å². The normalized spacial score (nSPS) is 14.8. The van der Waals surface area contributed by atoms with Gasteiger partial charge in [-0.05, 0) is 37.7 Å². The van der Waals surface area contributed by atoms with Crippen LogP contribution in [0, 0.1) is 0 Å². The van der Waals surface area contributed by atoms with Crippen molar-refractivity contribution in [3.8, 4) is 0 Å². The average Bonchev–Trinajstić information content (AvgIpc) is 2.84. The largest absolute Gasteiger partial charge is 0.384 e. The summed E-state index contributed by atoms with van der Waals surface area (Å²) in [6.45, 7) is 6.63. The SMILES string of the molecule is CCCCCCCCCNc1c2ccccc2nc2cc(C(=O)N3CCN(C)CC3)ccc12. The number of unbranched alkanes of at least 4 members (excludes halogenated alkanes) is 6. The second-order valence-electron chi connectivity index (χ2n) is 9.38. The summed E-state index contributed by atoms with van der Waals surface area (Å²) >= 11 is 0. The summed E-state index contributed by atoms with van der Waals surface area (Å²) in [6.07, 6.45) is 9.11. The summed E-state index contributed by atoms with van der Waals surface area (Å²) in [5, 5.41) is 5.94. The minimum absolute atomic E-state index is 0.109. The van der Waals surface area contributed by atoms with Crippen molar-refractivity contribution in [2.24, 2.45) is 0 Å². The molecular weight excluding hydrogens is 408 g/mol. The molecule has 2 aromatic carbocycles. The lowest BCUT2D eigenvalue weighted by Crippen LogP contribution is -2.47. The molecule has 1 aromatic heterocycles. The van der Waals surface area contributed by atoms with Crippen LogP contribution in [0.15, 0.2) is 42.5 Å². The van der Waals surface area contributed by atoms with Crippen molar-refractivity contribution in [2.45, 2.75) is 51.9 Å². The van der Waals surface area contributed by atoms with Gasteiger partial charge in [0.2, 0.25) is 0 Å². The maximum atomic E-state index is 13.1. The number of benzene rings is 2. The van der Waals surface area contributed by atoms with Crippen LogP contribution in [0.3, 0.4) is 0 Å². The van der Waals surface area contributed by atoms with Gasteiger partial charge < -0.3 is 15.1 Å². The molecule has 5 heteroatoms. The lowest BCUT2D eigenvalue weighted by molar-refractivity contribution is 0.0664. The third kappa shape index (κ3) is 5.83. The highest BCUT2D eigenvalue weighted by atomic mass is 16.2. The van der Waals surface area contributed by atoms with Gasteiger partial charge in [0.1, 0.15) is 0 Å². The topological polar surface area (TPSA) is 48.5 Å². The molecule has 176 valence electrons. The minimum atomic E-state index is 0.109. The molecule has 0 atom stereocenters. The number of rotatable bonds is 10. The van der Waals surface area contributed by atoms with E-state index in [0.717, 1.165) is 65.8 Å². The fraction of sp³-hybridized carbons (Fsp3) is 0.500. The Kier molecular flexibility index (Phi) is 8.16. The molecule has 1 saturated heterocycles. The second kappa shape index (κ2) is 11.5. The summed E-state index contributed by atoms with van der Waals surface area (Å²) in [4.78, 5) is 22.2. The molecule has 0 aliphatic carbocycles. The Morgan fingerprint density at radius 1 is 0.879 bits per heavy atom. The maximum absolute atomic E-state index is 13.1. The van der Waals surface area contributed by atoms with Crippen molar-refractivity contribution in [1.29, 1.82) is 0 Å². The molecule has 0 bridgehead atoms. The fourth-order valence-corrected chi connectivity index (χ4v) is 4.70. The van der Waals surface area contributed by atoms with E-state index in [4.69, 9.17) is 4.98 Å². The number of fused-ring (bicyclic) bond motifs is 2. The van der Waals surface area contributed by atoms with E-state index in [1.54, 1.807) is 0 Å². The second-order valence-corrected chi connectivity index (χ2v) is 9.38. The van der Waals surface area contributed by atoms with Crippen LogP contribution < -0.4 is 5.32 Å². The van der Waals surface area contributed by atoms with E-state index in [-0.39, 0.29) is 5.91 Å². The van der Waals surface area contributed by atoms with Crippen LogP contribution in [0.2, 0.25) is 0 Å². The van der Waals surface area contributed by atoms with E-state index in [2.05, 4.69) is 48.5 Å². The quantitative estimate of drug-likeness (QED) is 0.309. The molecule has 1 aliphatic rings. The summed E-state index contributed by atoms with van der Waals surface area (Å²) in [5.74, 6) is 0.109. The molecule has 0 spiro atoms. The average molecular weight is 447 g/mol. The first-order chi connectivity index (χ1) is 16.2. The standard InChI is InChI=1S/C28H38N4O/c1-3-4-5-6-7-8-11-16-29-27-23-12-9-10-13-25(23)30-26-21-22(14-15-24(26)27)28(33)32-19-17-31(2)18-20-32/h9-10,12-15,21H,3-8,11,16-20H2,1-2H3,(H,29,30). The van der Waals surface area contributed by atoms with Gasteiger partial charge in [0.15, 0.2) is 0 Å². The van der Waals surface area contributed by atoms with Gasteiger partial charge in [-0.1, -0.05) is 63.6 Å². The molecule has 0 unspecified atom stereocenters. The third-order valence-corrected chi connectivity index (χ3v) is 6.80. The van der Waals surface area contributed by atoms with Gasteiger partial charge in [-0.3, -0.25) is 4.79 Å². The van der Waals surface area contributed by atoms with Gasteiger partial charge in [-0.25, -0.2) is 4.98 Å². The monoisotopic (exact) mass is 446 g/mol. The van der Waals surface area contributed by atoms with Crippen molar-refractivity contribution in [2.75, 3.05) is 45.1 Å². The van der Waals surface area contributed by atoms with Crippen molar-refractivity contribution >= 4 is 33.4 Å². The number of carbonyl (C=O) groups excluding carboxylic acids is 1. The smallest absolute Gasteiger partial charge is 0.254 e. The van der Waals surface area contributed by atoms with Gasteiger partial charge in [-0.2, -0.15) is 0 Å². The summed E-state index contributed by atoms with van der Waals surface area (Å²) in [6, 6.07) is 14.3. The zero-order chi connectivity index (χ0) is 23.0. The number of nitrogens with one attached hydrogen (secondary N) is 1. The number of pyridine rings is 1. The molecule has 5 nitrogen and oxygen atoms in total. The third-order valence-electron chi connectivity index (χ3n) is 6.80. The summed E-state index contributed by atoms with van der Waals surface area (Å²) in [7, 11) is 2.11. The highest BCUT2D eigenvalue weighted by molar-refractivity contribution is 6.09. The molecule has 1 fully saturated rings. The first-order valence-electron chi connectivity index (χ1n) is 12.7. The highest BCUT2D eigenvalue weighted by Crippen LogP contribution is 2.31. The molecule has 1 aliphatic heterocycles. The Morgan fingerprint density at radius 3 is 2.36 bits per heavy atom. The Labute approximate surface area is 198 Å². The number of carbonyl (C=O) groups is 1. The molecule has 1 amide bonds. The van der Waals surface area contributed by atoms with Crippen LogP contribution in [-0.4, -0.2) is 60.5 Å². The van der Waals surface area contributed by atoms with Gasteiger partial charge >= 0.3 is 0 Å². The number of hydrogen-bond donors (Lipinski definition) is 1. The maximum Gasteiger partial charge on any atom is 0.254 e. The molecule has 2 heterocycles. The molecule has 33 heavy (non-hydrogen) atoms. The van der Waals surface area contributed by atoms with Gasteiger partial charge in [0.05, 0.1) is 16.7 Å². The molecule has 4 rings (SSSR count). The number of hydrogen-bond acceptors (Lipinski definition) is 4. The Balaban J connectivity index is 1.51. The predicted octanol–water partition coefficient (Wildman–Crippen LogP) is 5.94. The summed E-state index contributed by atoms with van der Waals surface area (Å²) < 4.78 is 0. The van der Waals surface area contributed by atoms with E-state index in [1.165, 1.54) is 44.9 Å². The Hall–Kier alpha value is -2.66. The van der Waals surface area contributed by atoms with Crippen LogP contribution in [0.1, 0.15) is 62.2 Å². The first kappa shape index (κ1) is 23.5. The number of anilines is 1. The van der Waals surface area contributed by atoms with Crippen LogP contribution in [0.5, 0.6) is 0 Å². The molecular formula is C28H38N4O. The number of nitrogens with zero attached hydrogens (tertiary/aromatic N) is 3. The zero-order valence-corrected chi connectivity index (χ0v) is 20.3. The highest BCUT2D eigenvalue weighted by Gasteiger charge is 2.21. The predicted molar refractivity (Wildman–Crippen MR) is 139 cm³/mol. The Bertz CT molecular complexity index is 1070. The Morgan fingerprint density at radius 2 is 1.58 bits per heavy atom. The molecule has 1 N–H and O–H groups in total. The lowest BCUT2D eigenvalue weighted by atomic mass is 10.0. The van der Waals surface area contributed by atoms with E-state index < -0.39 is 0 Å². The number of piperazine rings is 1. The van der Waals surface area contributed by atoms with Crippen molar-refractivity contribution in [3.05, 3.63) is 48.0 Å². The van der Waals surface area contributed by atoms with Crippen molar-refractivity contribution in [1.82, 2.24) is 14.8 Å². The number of amides is 1. The van der Waals surface area contributed by atoms with Crippen LogP contribution >= 0.6 is 0 Å². The number of likely N-dealkylation sites (N-methyl/N-ethyl adjacent to an activating group) is 1. The van der Waals surface area contributed by atoms with E-state index in [1.807, 2.05) is 23.1 Å². The van der Waals surface area contributed by atoms with Gasteiger partial charge in [0, 0.05) is 49.1 Å². The molecule has 0 saturated carbocycles. The van der Waals surface area contributed by atoms with Crippen molar-refractivity contribution in [3.63, 3.8) is 0 Å². The summed E-state index contributed by atoms with van der Waals surface area (Å²) in [5.41, 5.74) is 3.72. The van der Waals surface area contributed by atoms with Crippen LogP contribution in [0.4, 0.5) is 5.69 Å². The number of para-hydroxylation sites is 1. The fourth-order valence-electron chi connectivity index (χ4n) is 4.70. The van der Waals surface area contributed by atoms with Crippen LogP contribution in [-0.2, 0) is 0 Å². The first-order valence-corrected chi connectivity index (χ1v) is 12.7. The van der Waals surface area contributed by atoms with E-state index >= 15 is 0 Å². The lowest BCUT2D eigenvalue weighted by Gasteiger charge is -2.32. The minimum Gasteiger partial charge on any atom is -0.384 e. The molecule has 3 aromatic rings. The number of aromatic nitrogens is 1. The van der Waals surface area contributed by atoms with Gasteiger partial charge in [0.25, 0.3) is 5.91 Å². The zero-order valence-electron chi connectivity index (χ0n) is 20.3. The van der Waals surface area contributed by atoms with Gasteiger partial charge in [-0.15, -0.1) is 0 Å². The molecule has 0 radical (unpaired) electrons.